The molecule has 0 unspecified atom stereocenters. The molecule has 0 bridgehead atoms. The zero-order chi connectivity index (χ0) is 43.7. The summed E-state index contributed by atoms with van der Waals surface area (Å²) in [6.45, 7) is 10.7. The van der Waals surface area contributed by atoms with Crippen molar-refractivity contribution in [1.82, 2.24) is 21.3 Å². The topological polar surface area (TPSA) is 175 Å². The Bertz CT molecular complexity index is 1920. The first-order valence-electron chi connectivity index (χ1n) is 20.4. The SMILES string of the molecule is CC(C)(C)C[C@H](NC(=O)OCc1ccccc1)C(=O)N[C@@H](Cc1ccccc1)[C@H](CO)[C@@H](O)[C@H](Cc1ccccc1)NC(=O)[C@@H](NC(=O)OCc1ccccc1)C(C)(C)C. The highest BCUT2D eigenvalue weighted by Gasteiger charge is 2.40. The van der Waals surface area contributed by atoms with E-state index in [-0.39, 0.29) is 32.5 Å². The largest absolute Gasteiger partial charge is 0.445 e. The lowest BCUT2D eigenvalue weighted by atomic mass is 9.82. The van der Waals surface area contributed by atoms with Gasteiger partial charge in [0, 0.05) is 12.0 Å². The van der Waals surface area contributed by atoms with Gasteiger partial charge in [-0.3, -0.25) is 9.59 Å². The van der Waals surface area contributed by atoms with Gasteiger partial charge in [0.25, 0.3) is 0 Å². The van der Waals surface area contributed by atoms with Gasteiger partial charge in [0.2, 0.25) is 11.8 Å². The van der Waals surface area contributed by atoms with E-state index in [9.17, 15) is 29.4 Å². The van der Waals surface area contributed by atoms with Gasteiger partial charge in [-0.15, -0.1) is 0 Å². The summed E-state index contributed by atoms with van der Waals surface area (Å²) in [4.78, 5) is 54.7. The lowest BCUT2D eigenvalue weighted by Crippen LogP contribution is -2.61. The molecule has 322 valence electrons. The predicted octanol–water partition coefficient (Wildman–Crippen LogP) is 6.48. The molecule has 0 aliphatic heterocycles. The van der Waals surface area contributed by atoms with Crippen molar-refractivity contribution in [2.45, 2.75) is 104 Å². The van der Waals surface area contributed by atoms with Crippen molar-refractivity contribution in [3.8, 4) is 0 Å². The molecule has 0 saturated carbocycles. The summed E-state index contributed by atoms with van der Waals surface area (Å²) in [6, 6.07) is 33.0. The number of nitrogens with one attached hydrogen (secondary N) is 4. The summed E-state index contributed by atoms with van der Waals surface area (Å²) in [7, 11) is 0. The van der Waals surface area contributed by atoms with Gasteiger partial charge in [-0.1, -0.05) is 163 Å². The standard InChI is InChI=1S/C48H62N4O8/c1-47(2,3)29-40(51-45(57)59-31-35-23-15-9-16-24-35)43(55)49-38(27-33-19-11-7-12-20-33)37(30-53)41(54)39(28-34-21-13-8-14-22-34)50-44(56)42(48(4,5)6)52-46(58)60-32-36-25-17-10-18-26-36/h7-26,37-42,53-54H,27-32H2,1-6H3,(H,49,55)(H,50,56)(H,51,57)(H,52,58)/t37-,38-,39-,40-,41+,42+/m0/s1. The fourth-order valence-electron chi connectivity index (χ4n) is 6.91. The molecule has 60 heavy (non-hydrogen) atoms. The van der Waals surface area contributed by atoms with Gasteiger partial charge in [0.1, 0.15) is 25.3 Å². The first kappa shape index (κ1) is 47.0. The van der Waals surface area contributed by atoms with Gasteiger partial charge in [-0.2, -0.15) is 0 Å². The van der Waals surface area contributed by atoms with Crippen LogP contribution in [-0.4, -0.2) is 71.1 Å². The Hall–Kier alpha value is -5.72. The Labute approximate surface area is 354 Å². The average Bonchev–Trinajstić information content (AvgIpc) is 3.21. The summed E-state index contributed by atoms with van der Waals surface area (Å²) in [6.07, 6.45) is -2.34. The molecule has 6 atom stereocenters. The second-order valence-electron chi connectivity index (χ2n) is 17.5. The third-order valence-corrected chi connectivity index (χ3v) is 10.1. The van der Waals surface area contributed by atoms with Gasteiger partial charge < -0.3 is 41.0 Å². The fraction of sp³-hybridized carbons (Fsp3) is 0.417. The average molecular weight is 823 g/mol. The predicted molar refractivity (Wildman–Crippen MR) is 231 cm³/mol. The van der Waals surface area contributed by atoms with Gasteiger partial charge >= 0.3 is 12.2 Å². The van der Waals surface area contributed by atoms with E-state index in [2.05, 4.69) is 21.3 Å². The van der Waals surface area contributed by atoms with E-state index in [1.165, 1.54) is 0 Å². The molecular weight excluding hydrogens is 761 g/mol. The van der Waals surface area contributed by atoms with E-state index in [0.717, 1.165) is 22.3 Å². The zero-order valence-corrected chi connectivity index (χ0v) is 35.6. The minimum absolute atomic E-state index is 0.00814. The van der Waals surface area contributed by atoms with Crippen molar-refractivity contribution >= 4 is 24.0 Å². The second kappa shape index (κ2) is 22.6. The number of benzene rings is 4. The summed E-state index contributed by atoms with van der Waals surface area (Å²) in [5.41, 5.74) is 2.02. The number of alkyl carbamates (subject to hydrolysis) is 2. The third-order valence-electron chi connectivity index (χ3n) is 10.1. The highest BCUT2D eigenvalue weighted by Crippen LogP contribution is 2.25. The van der Waals surface area contributed by atoms with Crippen LogP contribution in [0.25, 0.3) is 0 Å². The molecular formula is C48H62N4O8. The molecule has 0 aliphatic carbocycles. The normalized spacial score (nSPS) is 14.6. The highest BCUT2D eigenvalue weighted by atomic mass is 16.6. The Balaban J connectivity index is 1.61. The molecule has 0 spiro atoms. The van der Waals surface area contributed by atoms with E-state index < -0.39 is 77.6 Å². The molecule has 6 N–H and O–H groups in total. The van der Waals surface area contributed by atoms with Crippen LogP contribution in [-0.2, 0) is 45.1 Å². The number of hydrogen-bond acceptors (Lipinski definition) is 8. The van der Waals surface area contributed by atoms with Crippen molar-refractivity contribution < 1.29 is 38.9 Å². The lowest BCUT2D eigenvalue weighted by Gasteiger charge is -2.37. The first-order chi connectivity index (χ1) is 28.5. The minimum Gasteiger partial charge on any atom is -0.445 e. The monoisotopic (exact) mass is 822 g/mol. The molecule has 0 aliphatic rings. The van der Waals surface area contributed by atoms with E-state index in [1.807, 2.05) is 142 Å². The molecule has 0 saturated heterocycles. The molecule has 0 fully saturated rings. The van der Waals surface area contributed by atoms with Crippen LogP contribution in [0.5, 0.6) is 0 Å². The number of hydrogen-bond donors (Lipinski definition) is 6. The number of aliphatic hydroxyl groups is 2. The minimum atomic E-state index is -1.41. The Morgan fingerprint density at radius 3 is 1.37 bits per heavy atom. The van der Waals surface area contributed by atoms with E-state index in [0.29, 0.717) is 0 Å². The van der Waals surface area contributed by atoms with Crippen LogP contribution in [0.3, 0.4) is 0 Å². The highest BCUT2D eigenvalue weighted by molar-refractivity contribution is 5.87. The maximum Gasteiger partial charge on any atom is 0.408 e. The second-order valence-corrected chi connectivity index (χ2v) is 17.5. The van der Waals surface area contributed by atoms with Crippen LogP contribution >= 0.6 is 0 Å². The number of carbonyl (C=O) groups excluding carboxylic acids is 4. The molecule has 12 heteroatoms. The Morgan fingerprint density at radius 2 is 0.950 bits per heavy atom. The van der Waals surface area contributed by atoms with Gasteiger partial charge in [0.15, 0.2) is 0 Å². The van der Waals surface area contributed by atoms with Crippen LogP contribution in [0, 0.1) is 16.7 Å². The molecule has 4 aromatic carbocycles. The van der Waals surface area contributed by atoms with Gasteiger partial charge in [-0.05, 0) is 52.3 Å². The smallest absolute Gasteiger partial charge is 0.408 e. The number of rotatable bonds is 19. The number of carbonyl (C=O) groups is 4. The molecule has 4 aromatic rings. The number of amides is 4. The summed E-state index contributed by atoms with van der Waals surface area (Å²) < 4.78 is 10.9. The van der Waals surface area contributed by atoms with Crippen LogP contribution in [0.2, 0.25) is 0 Å². The van der Waals surface area contributed by atoms with Gasteiger partial charge in [0.05, 0.1) is 18.8 Å². The van der Waals surface area contributed by atoms with E-state index in [4.69, 9.17) is 9.47 Å². The van der Waals surface area contributed by atoms with E-state index >= 15 is 0 Å². The number of ether oxygens (including phenoxy) is 2. The zero-order valence-electron chi connectivity index (χ0n) is 35.6. The van der Waals surface area contributed by atoms with Crippen LogP contribution in [0.4, 0.5) is 9.59 Å². The first-order valence-corrected chi connectivity index (χ1v) is 20.4. The van der Waals surface area contributed by atoms with E-state index in [1.54, 1.807) is 20.8 Å². The maximum atomic E-state index is 14.3. The van der Waals surface area contributed by atoms with Gasteiger partial charge in [-0.25, -0.2) is 9.59 Å². The molecule has 0 aromatic heterocycles. The van der Waals surface area contributed by atoms with Crippen LogP contribution in [0.15, 0.2) is 121 Å². The van der Waals surface area contributed by atoms with Crippen molar-refractivity contribution in [3.05, 3.63) is 144 Å². The molecule has 0 radical (unpaired) electrons. The number of aliphatic hydroxyl groups excluding tert-OH is 2. The van der Waals surface area contributed by atoms with Crippen LogP contribution in [0.1, 0.15) is 70.2 Å². The quantitative estimate of drug-likeness (QED) is 0.0623. The maximum absolute atomic E-state index is 14.3. The van der Waals surface area contributed by atoms with Crippen molar-refractivity contribution in [2.24, 2.45) is 16.7 Å². The fourth-order valence-corrected chi connectivity index (χ4v) is 6.91. The summed E-state index contributed by atoms with van der Waals surface area (Å²) >= 11 is 0. The lowest BCUT2D eigenvalue weighted by molar-refractivity contribution is -0.129. The molecule has 12 nitrogen and oxygen atoms in total. The third kappa shape index (κ3) is 15.8. The summed E-state index contributed by atoms with van der Waals surface area (Å²) in [5, 5.41) is 34.9. The Morgan fingerprint density at radius 1 is 0.550 bits per heavy atom. The van der Waals surface area contributed by atoms with Crippen LogP contribution < -0.4 is 21.3 Å². The molecule has 4 amide bonds. The van der Waals surface area contributed by atoms with Crippen molar-refractivity contribution in [3.63, 3.8) is 0 Å². The van der Waals surface area contributed by atoms with Crippen molar-refractivity contribution in [1.29, 1.82) is 0 Å². The molecule has 4 rings (SSSR count). The summed E-state index contributed by atoms with van der Waals surface area (Å²) in [5.74, 6) is -2.11. The van der Waals surface area contributed by atoms with Crippen molar-refractivity contribution in [2.75, 3.05) is 6.61 Å². The molecule has 0 heterocycles. The Kier molecular flexibility index (Phi) is 17.7.